The van der Waals surface area contributed by atoms with Gasteiger partial charge in [-0.25, -0.2) is 0 Å². The van der Waals surface area contributed by atoms with Crippen LogP contribution < -0.4 is 5.32 Å². The Kier molecular flexibility index (Phi) is 5.62. The third-order valence-corrected chi connectivity index (χ3v) is 3.36. The highest BCUT2D eigenvalue weighted by atomic mass is 19.4. The van der Waals surface area contributed by atoms with Crippen molar-refractivity contribution in [3.63, 3.8) is 0 Å². The van der Waals surface area contributed by atoms with E-state index in [9.17, 15) is 22.8 Å². The molecule has 1 atom stereocenters. The summed E-state index contributed by atoms with van der Waals surface area (Å²) in [5.41, 5.74) is 0. The number of carboxylic acids is 1. The van der Waals surface area contributed by atoms with Crippen LogP contribution in [-0.2, 0) is 9.59 Å². The van der Waals surface area contributed by atoms with Crippen LogP contribution in [0.5, 0.6) is 0 Å². The number of carbonyl (C=O) groups is 2. The lowest BCUT2D eigenvalue weighted by Gasteiger charge is -2.26. The Morgan fingerprint density at radius 2 is 1.79 bits per heavy atom. The number of carbonyl (C=O) groups excluding carboxylic acids is 1. The van der Waals surface area contributed by atoms with Gasteiger partial charge in [-0.15, -0.1) is 0 Å². The first-order valence-corrected chi connectivity index (χ1v) is 6.38. The summed E-state index contributed by atoms with van der Waals surface area (Å²) in [7, 11) is 0. The molecule has 1 aliphatic rings. The van der Waals surface area contributed by atoms with E-state index >= 15 is 0 Å². The van der Waals surface area contributed by atoms with Crippen molar-refractivity contribution in [2.45, 2.75) is 57.2 Å². The number of alkyl halides is 3. The fourth-order valence-electron chi connectivity index (χ4n) is 2.50. The number of carboxylic acid groups (broad SMARTS) is 1. The summed E-state index contributed by atoms with van der Waals surface area (Å²) < 4.78 is 36.5. The third kappa shape index (κ3) is 5.94. The monoisotopic (exact) mass is 281 g/mol. The Morgan fingerprint density at radius 3 is 2.26 bits per heavy atom. The summed E-state index contributed by atoms with van der Waals surface area (Å²) in [5.74, 6) is -3.07. The molecule has 0 spiro atoms. The van der Waals surface area contributed by atoms with Gasteiger partial charge in [-0.2, -0.15) is 13.2 Å². The van der Waals surface area contributed by atoms with Crippen molar-refractivity contribution in [2.75, 3.05) is 0 Å². The Morgan fingerprint density at radius 1 is 1.21 bits per heavy atom. The van der Waals surface area contributed by atoms with Gasteiger partial charge >= 0.3 is 18.1 Å². The number of aliphatic carboxylic acids is 1. The van der Waals surface area contributed by atoms with Gasteiger partial charge in [-0.05, 0) is 12.3 Å². The minimum atomic E-state index is -4.97. The first-order chi connectivity index (χ1) is 8.79. The van der Waals surface area contributed by atoms with Crippen LogP contribution >= 0.6 is 0 Å². The van der Waals surface area contributed by atoms with Crippen molar-refractivity contribution in [1.29, 1.82) is 0 Å². The SMILES string of the molecule is O=C(O)C[C@@H](CC1CCCCC1)NC(=O)C(F)(F)F. The largest absolute Gasteiger partial charge is 0.481 e. The second kappa shape index (κ2) is 6.77. The molecule has 0 aromatic carbocycles. The fraction of sp³-hybridized carbons (Fsp3) is 0.833. The summed E-state index contributed by atoms with van der Waals surface area (Å²) in [5, 5.41) is 10.5. The van der Waals surface area contributed by atoms with Gasteiger partial charge < -0.3 is 10.4 Å². The number of amides is 1. The molecule has 7 heteroatoms. The van der Waals surface area contributed by atoms with Gasteiger partial charge in [0, 0.05) is 6.04 Å². The number of rotatable bonds is 5. The molecule has 1 aliphatic carbocycles. The summed E-state index contributed by atoms with van der Waals surface area (Å²) in [6.45, 7) is 0. The number of hydrogen-bond donors (Lipinski definition) is 2. The van der Waals surface area contributed by atoms with Gasteiger partial charge in [0.25, 0.3) is 0 Å². The van der Waals surface area contributed by atoms with E-state index in [1.165, 1.54) is 0 Å². The number of hydrogen-bond acceptors (Lipinski definition) is 2. The van der Waals surface area contributed by atoms with Crippen molar-refractivity contribution in [3.05, 3.63) is 0 Å². The van der Waals surface area contributed by atoms with Gasteiger partial charge in [0.05, 0.1) is 6.42 Å². The normalized spacial score (nSPS) is 18.9. The van der Waals surface area contributed by atoms with Crippen molar-refractivity contribution < 1.29 is 27.9 Å². The highest BCUT2D eigenvalue weighted by Crippen LogP contribution is 2.28. The van der Waals surface area contributed by atoms with Crippen LogP contribution in [0.3, 0.4) is 0 Å². The number of halogens is 3. The first-order valence-electron chi connectivity index (χ1n) is 6.38. The van der Waals surface area contributed by atoms with Crippen LogP contribution in [0.15, 0.2) is 0 Å². The highest BCUT2D eigenvalue weighted by Gasteiger charge is 2.40. The van der Waals surface area contributed by atoms with E-state index in [4.69, 9.17) is 5.11 Å². The van der Waals surface area contributed by atoms with E-state index in [-0.39, 0.29) is 5.92 Å². The molecule has 110 valence electrons. The van der Waals surface area contributed by atoms with Gasteiger partial charge in [0.2, 0.25) is 0 Å². The Hall–Kier alpha value is -1.27. The fourth-order valence-corrected chi connectivity index (χ4v) is 2.50. The summed E-state index contributed by atoms with van der Waals surface area (Å²) in [6, 6.07) is -0.949. The maximum atomic E-state index is 12.2. The van der Waals surface area contributed by atoms with Crippen LogP contribution in [-0.4, -0.2) is 29.2 Å². The minimum Gasteiger partial charge on any atom is -0.481 e. The van der Waals surface area contributed by atoms with E-state index in [0.717, 1.165) is 32.1 Å². The molecule has 1 fully saturated rings. The first kappa shape index (κ1) is 15.8. The average molecular weight is 281 g/mol. The molecule has 0 unspecified atom stereocenters. The molecule has 0 bridgehead atoms. The molecule has 0 heterocycles. The lowest BCUT2D eigenvalue weighted by Crippen LogP contribution is -2.44. The quantitative estimate of drug-likeness (QED) is 0.813. The van der Waals surface area contributed by atoms with Gasteiger partial charge in [0.1, 0.15) is 0 Å². The van der Waals surface area contributed by atoms with Crippen molar-refractivity contribution in [1.82, 2.24) is 5.32 Å². The predicted molar refractivity (Wildman–Crippen MR) is 61.4 cm³/mol. The van der Waals surface area contributed by atoms with Gasteiger partial charge in [0.15, 0.2) is 0 Å². The molecule has 2 N–H and O–H groups in total. The minimum absolute atomic E-state index is 0.201. The molecule has 19 heavy (non-hydrogen) atoms. The molecule has 0 aromatic rings. The third-order valence-electron chi connectivity index (χ3n) is 3.36. The number of nitrogens with one attached hydrogen (secondary N) is 1. The van der Waals surface area contributed by atoms with E-state index < -0.39 is 30.5 Å². The zero-order valence-electron chi connectivity index (χ0n) is 10.5. The molecular weight excluding hydrogens is 263 g/mol. The van der Waals surface area contributed by atoms with Crippen LogP contribution in [0.25, 0.3) is 0 Å². The smallest absolute Gasteiger partial charge is 0.471 e. The molecule has 1 rings (SSSR count). The second-order valence-electron chi connectivity index (χ2n) is 5.01. The Balaban J connectivity index is 2.55. The molecule has 0 aliphatic heterocycles. The van der Waals surface area contributed by atoms with E-state index in [1.807, 2.05) is 0 Å². The van der Waals surface area contributed by atoms with Gasteiger partial charge in [-0.3, -0.25) is 9.59 Å². The molecule has 0 aromatic heterocycles. The summed E-state index contributed by atoms with van der Waals surface area (Å²) in [6.07, 6.45) is -0.240. The van der Waals surface area contributed by atoms with E-state index in [2.05, 4.69) is 0 Å². The molecular formula is C12H18F3NO3. The van der Waals surface area contributed by atoms with Gasteiger partial charge in [-0.1, -0.05) is 32.1 Å². The van der Waals surface area contributed by atoms with Crippen LogP contribution in [0, 0.1) is 5.92 Å². The Bertz CT molecular complexity index is 325. The van der Waals surface area contributed by atoms with Crippen molar-refractivity contribution >= 4 is 11.9 Å². The molecule has 4 nitrogen and oxygen atoms in total. The molecule has 1 amide bonds. The van der Waals surface area contributed by atoms with Crippen LogP contribution in [0.2, 0.25) is 0 Å². The lowest BCUT2D eigenvalue weighted by atomic mass is 9.84. The maximum Gasteiger partial charge on any atom is 0.471 e. The zero-order valence-corrected chi connectivity index (χ0v) is 10.5. The molecule has 0 radical (unpaired) electrons. The second-order valence-corrected chi connectivity index (χ2v) is 5.01. The molecule has 0 saturated heterocycles. The summed E-state index contributed by atoms with van der Waals surface area (Å²) in [4.78, 5) is 21.5. The maximum absolute atomic E-state index is 12.2. The lowest BCUT2D eigenvalue weighted by molar-refractivity contribution is -0.174. The van der Waals surface area contributed by atoms with Crippen molar-refractivity contribution in [2.24, 2.45) is 5.92 Å². The van der Waals surface area contributed by atoms with Crippen molar-refractivity contribution in [3.8, 4) is 0 Å². The average Bonchev–Trinajstić information content (AvgIpc) is 2.28. The highest BCUT2D eigenvalue weighted by molar-refractivity contribution is 5.82. The topological polar surface area (TPSA) is 66.4 Å². The zero-order chi connectivity index (χ0) is 14.5. The molecule has 1 saturated carbocycles. The van der Waals surface area contributed by atoms with Crippen LogP contribution in [0.1, 0.15) is 44.9 Å². The predicted octanol–water partition coefficient (Wildman–Crippen LogP) is 2.48. The van der Waals surface area contributed by atoms with E-state index in [0.29, 0.717) is 6.42 Å². The Labute approximate surface area is 109 Å². The standard InChI is InChI=1S/C12H18F3NO3/c13-12(14,15)11(19)16-9(7-10(17)18)6-8-4-2-1-3-5-8/h8-9H,1-7H2,(H,16,19)(H,17,18)/t9-/m1/s1. The van der Waals surface area contributed by atoms with E-state index in [1.54, 1.807) is 5.32 Å². The summed E-state index contributed by atoms with van der Waals surface area (Å²) >= 11 is 0. The van der Waals surface area contributed by atoms with Crippen LogP contribution in [0.4, 0.5) is 13.2 Å².